The highest BCUT2D eigenvalue weighted by Gasteiger charge is 2.06. The first-order chi connectivity index (χ1) is 9.54. The van der Waals surface area contributed by atoms with Crippen LogP contribution >= 0.6 is 0 Å². The number of benzene rings is 1. The molecule has 0 unspecified atom stereocenters. The van der Waals surface area contributed by atoms with Crippen molar-refractivity contribution in [1.82, 2.24) is 5.32 Å². The summed E-state index contributed by atoms with van der Waals surface area (Å²) in [5.41, 5.74) is 7.97. The standard InChI is InChI=1S/C17H24N2O/c1-13(2)6-5-11-19-17(20)16-9-8-15(7-4-10-18)14(3)12-16/h8-9,12-13H,5-6,10-11,18H2,1-3H3,(H,19,20). The van der Waals surface area contributed by atoms with Crippen molar-refractivity contribution < 1.29 is 4.79 Å². The fourth-order valence-electron chi connectivity index (χ4n) is 1.91. The summed E-state index contributed by atoms with van der Waals surface area (Å²) < 4.78 is 0. The van der Waals surface area contributed by atoms with Crippen LogP contribution in [-0.4, -0.2) is 19.0 Å². The lowest BCUT2D eigenvalue weighted by atomic mass is 10.0. The number of rotatable bonds is 5. The number of hydrogen-bond acceptors (Lipinski definition) is 2. The van der Waals surface area contributed by atoms with Crippen LogP contribution in [0.2, 0.25) is 0 Å². The molecular weight excluding hydrogens is 248 g/mol. The smallest absolute Gasteiger partial charge is 0.251 e. The Morgan fingerprint density at radius 3 is 2.75 bits per heavy atom. The molecule has 0 atom stereocenters. The third kappa shape index (κ3) is 5.46. The van der Waals surface area contributed by atoms with Crippen LogP contribution in [0.15, 0.2) is 18.2 Å². The second-order valence-corrected chi connectivity index (χ2v) is 5.33. The van der Waals surface area contributed by atoms with Gasteiger partial charge < -0.3 is 11.1 Å². The third-order valence-corrected chi connectivity index (χ3v) is 3.06. The van der Waals surface area contributed by atoms with Crippen molar-refractivity contribution in [1.29, 1.82) is 0 Å². The van der Waals surface area contributed by atoms with E-state index in [4.69, 9.17) is 5.73 Å². The van der Waals surface area contributed by atoms with Gasteiger partial charge >= 0.3 is 0 Å². The second-order valence-electron chi connectivity index (χ2n) is 5.33. The number of carbonyl (C=O) groups excluding carboxylic acids is 1. The van der Waals surface area contributed by atoms with Crippen LogP contribution in [0.4, 0.5) is 0 Å². The Balaban J connectivity index is 2.59. The highest BCUT2D eigenvalue weighted by Crippen LogP contribution is 2.10. The molecule has 0 radical (unpaired) electrons. The van der Waals surface area contributed by atoms with Crippen LogP contribution in [0, 0.1) is 24.7 Å². The fourth-order valence-corrected chi connectivity index (χ4v) is 1.91. The summed E-state index contributed by atoms with van der Waals surface area (Å²) in [6.07, 6.45) is 2.15. The SMILES string of the molecule is Cc1cc(C(=O)NCCCC(C)C)ccc1C#CCN. The molecule has 108 valence electrons. The number of hydrogen-bond donors (Lipinski definition) is 2. The highest BCUT2D eigenvalue weighted by atomic mass is 16.1. The van der Waals surface area contributed by atoms with Crippen molar-refractivity contribution in [2.24, 2.45) is 11.7 Å². The van der Waals surface area contributed by atoms with Crippen molar-refractivity contribution in [3.8, 4) is 11.8 Å². The van der Waals surface area contributed by atoms with E-state index in [1.807, 2.05) is 25.1 Å². The van der Waals surface area contributed by atoms with Crippen molar-refractivity contribution in [3.63, 3.8) is 0 Å². The molecule has 0 heterocycles. The van der Waals surface area contributed by atoms with Gasteiger partial charge in [0.25, 0.3) is 5.91 Å². The van der Waals surface area contributed by atoms with Gasteiger partial charge in [-0.25, -0.2) is 0 Å². The Hall–Kier alpha value is -1.79. The summed E-state index contributed by atoms with van der Waals surface area (Å²) >= 11 is 0. The Kier molecular flexibility index (Phi) is 6.83. The lowest BCUT2D eigenvalue weighted by molar-refractivity contribution is 0.0952. The summed E-state index contributed by atoms with van der Waals surface area (Å²) in [5, 5.41) is 2.95. The maximum absolute atomic E-state index is 12.0. The molecule has 3 heteroatoms. The van der Waals surface area contributed by atoms with E-state index in [1.165, 1.54) is 0 Å². The molecule has 1 amide bonds. The van der Waals surface area contributed by atoms with E-state index in [-0.39, 0.29) is 5.91 Å². The van der Waals surface area contributed by atoms with Crippen molar-refractivity contribution in [3.05, 3.63) is 34.9 Å². The van der Waals surface area contributed by atoms with Crippen LogP contribution in [0.3, 0.4) is 0 Å². The second kappa shape index (κ2) is 8.39. The van der Waals surface area contributed by atoms with E-state index in [2.05, 4.69) is 31.0 Å². The van der Waals surface area contributed by atoms with Gasteiger partial charge in [0.05, 0.1) is 6.54 Å². The Labute approximate surface area is 121 Å². The minimum Gasteiger partial charge on any atom is -0.352 e. The molecule has 1 aromatic carbocycles. The van der Waals surface area contributed by atoms with Gasteiger partial charge in [-0.05, 0) is 49.4 Å². The van der Waals surface area contributed by atoms with Crippen molar-refractivity contribution in [2.75, 3.05) is 13.1 Å². The van der Waals surface area contributed by atoms with Gasteiger partial charge in [-0.1, -0.05) is 25.7 Å². The van der Waals surface area contributed by atoms with Gasteiger partial charge in [0.2, 0.25) is 0 Å². The van der Waals surface area contributed by atoms with Gasteiger partial charge in [0, 0.05) is 17.7 Å². The van der Waals surface area contributed by atoms with E-state index >= 15 is 0 Å². The minimum absolute atomic E-state index is 0.0183. The first-order valence-corrected chi connectivity index (χ1v) is 7.12. The highest BCUT2D eigenvalue weighted by molar-refractivity contribution is 5.94. The van der Waals surface area contributed by atoms with Gasteiger partial charge in [0.1, 0.15) is 0 Å². The zero-order chi connectivity index (χ0) is 15.0. The van der Waals surface area contributed by atoms with Crippen LogP contribution < -0.4 is 11.1 Å². The van der Waals surface area contributed by atoms with E-state index in [0.717, 1.165) is 30.5 Å². The molecule has 0 aliphatic heterocycles. The Morgan fingerprint density at radius 1 is 1.40 bits per heavy atom. The van der Waals surface area contributed by atoms with E-state index in [9.17, 15) is 4.79 Å². The molecule has 0 saturated carbocycles. The molecule has 20 heavy (non-hydrogen) atoms. The molecule has 3 N–H and O–H groups in total. The van der Waals surface area contributed by atoms with Gasteiger partial charge in [-0.3, -0.25) is 4.79 Å². The largest absolute Gasteiger partial charge is 0.352 e. The monoisotopic (exact) mass is 272 g/mol. The van der Waals surface area contributed by atoms with Crippen molar-refractivity contribution in [2.45, 2.75) is 33.6 Å². The molecule has 0 spiro atoms. The zero-order valence-corrected chi connectivity index (χ0v) is 12.6. The van der Waals surface area contributed by atoms with E-state index in [1.54, 1.807) is 0 Å². The minimum atomic E-state index is -0.0183. The predicted octanol–water partition coefficient (Wildman–Crippen LogP) is 2.47. The number of amides is 1. The average Bonchev–Trinajstić information content (AvgIpc) is 2.41. The van der Waals surface area contributed by atoms with Crippen LogP contribution in [0.5, 0.6) is 0 Å². The molecule has 3 nitrogen and oxygen atoms in total. The summed E-state index contributed by atoms with van der Waals surface area (Å²) in [6, 6.07) is 5.56. The van der Waals surface area contributed by atoms with Crippen LogP contribution in [0.25, 0.3) is 0 Å². The molecule has 0 bridgehead atoms. The third-order valence-electron chi connectivity index (χ3n) is 3.06. The first-order valence-electron chi connectivity index (χ1n) is 7.12. The lowest BCUT2D eigenvalue weighted by Crippen LogP contribution is -2.24. The molecular formula is C17H24N2O. The first kappa shape index (κ1) is 16.3. The van der Waals surface area contributed by atoms with Crippen molar-refractivity contribution >= 4 is 5.91 Å². The van der Waals surface area contributed by atoms with Crippen LogP contribution in [-0.2, 0) is 0 Å². The molecule has 0 fully saturated rings. The van der Waals surface area contributed by atoms with Crippen LogP contribution in [0.1, 0.15) is 48.2 Å². The normalized spacial score (nSPS) is 10.1. The molecule has 0 aliphatic carbocycles. The molecule has 1 aromatic rings. The average molecular weight is 272 g/mol. The van der Waals surface area contributed by atoms with Gasteiger partial charge in [-0.15, -0.1) is 0 Å². The number of aryl methyl sites for hydroxylation is 1. The number of nitrogens with two attached hydrogens (primary N) is 1. The Bertz CT molecular complexity index is 509. The number of carbonyl (C=O) groups is 1. The zero-order valence-electron chi connectivity index (χ0n) is 12.6. The van der Waals surface area contributed by atoms with Gasteiger partial charge in [0.15, 0.2) is 0 Å². The summed E-state index contributed by atoms with van der Waals surface area (Å²) in [5.74, 6) is 6.48. The van der Waals surface area contributed by atoms with E-state index in [0.29, 0.717) is 18.0 Å². The molecule has 1 rings (SSSR count). The summed E-state index contributed by atoms with van der Waals surface area (Å²) in [4.78, 5) is 12.0. The lowest BCUT2D eigenvalue weighted by Gasteiger charge is -2.08. The maximum Gasteiger partial charge on any atom is 0.251 e. The maximum atomic E-state index is 12.0. The van der Waals surface area contributed by atoms with Gasteiger partial charge in [-0.2, -0.15) is 0 Å². The Morgan fingerprint density at radius 2 is 2.15 bits per heavy atom. The topological polar surface area (TPSA) is 55.1 Å². The number of nitrogens with one attached hydrogen (secondary N) is 1. The molecule has 0 aromatic heterocycles. The summed E-state index contributed by atoms with van der Waals surface area (Å²) in [7, 11) is 0. The fraction of sp³-hybridized carbons (Fsp3) is 0.471. The predicted molar refractivity (Wildman–Crippen MR) is 83.5 cm³/mol. The molecule has 0 aliphatic rings. The quantitative estimate of drug-likeness (QED) is 0.639. The molecule has 0 saturated heterocycles. The summed E-state index contributed by atoms with van der Waals surface area (Å²) in [6.45, 7) is 7.40. The van der Waals surface area contributed by atoms with E-state index < -0.39 is 0 Å².